The Morgan fingerprint density at radius 3 is 2.35 bits per heavy atom. The molecule has 0 unspecified atom stereocenters. The van der Waals surface area contributed by atoms with Crippen LogP contribution >= 0.6 is 0 Å². The maximum atomic E-state index is 13.0. The zero-order chi connectivity index (χ0) is 22.2. The van der Waals surface area contributed by atoms with Crippen LogP contribution in [-0.2, 0) is 15.1 Å². The molecule has 8 nitrogen and oxygen atoms in total. The molecule has 0 bridgehead atoms. The van der Waals surface area contributed by atoms with Gasteiger partial charge in [-0.05, 0) is 55.3 Å². The number of hydrogen-bond donors (Lipinski definition) is 1. The van der Waals surface area contributed by atoms with Gasteiger partial charge >= 0.3 is 6.03 Å². The lowest BCUT2D eigenvalue weighted by molar-refractivity contribution is -0.130. The van der Waals surface area contributed by atoms with Crippen LogP contribution in [0.1, 0.15) is 41.3 Å². The highest BCUT2D eigenvalue weighted by Gasteiger charge is 2.49. The number of Topliss-reactive ketones (excluding diaryl/α,β-unsaturated/α-hetero) is 1. The van der Waals surface area contributed by atoms with Gasteiger partial charge in [-0.25, -0.2) is 4.79 Å². The first kappa shape index (κ1) is 20.3. The van der Waals surface area contributed by atoms with E-state index in [1.54, 1.807) is 60.4 Å². The van der Waals surface area contributed by atoms with Gasteiger partial charge in [0.15, 0.2) is 5.78 Å². The van der Waals surface area contributed by atoms with Gasteiger partial charge in [0, 0.05) is 24.2 Å². The van der Waals surface area contributed by atoms with Gasteiger partial charge in [-0.1, -0.05) is 12.1 Å². The molecular formula is C23H20N4O4. The van der Waals surface area contributed by atoms with E-state index in [4.69, 9.17) is 5.26 Å². The number of carbonyl (C=O) groups excluding carboxylic acids is 4. The lowest BCUT2D eigenvalue weighted by atomic mass is 9.91. The molecule has 8 heteroatoms. The van der Waals surface area contributed by atoms with E-state index < -0.39 is 24.0 Å². The highest BCUT2D eigenvalue weighted by molar-refractivity contribution is 6.11. The van der Waals surface area contributed by atoms with Gasteiger partial charge in [-0.3, -0.25) is 19.3 Å². The lowest BCUT2D eigenvalue weighted by Gasteiger charge is -2.22. The van der Waals surface area contributed by atoms with Gasteiger partial charge in [-0.2, -0.15) is 5.26 Å². The summed E-state index contributed by atoms with van der Waals surface area (Å²) < 4.78 is 0. The number of anilines is 1. The third-order valence-electron chi connectivity index (χ3n) is 5.74. The highest BCUT2D eigenvalue weighted by Crippen LogP contribution is 2.29. The molecule has 2 aromatic carbocycles. The molecule has 1 atom stereocenters. The van der Waals surface area contributed by atoms with Crippen molar-refractivity contribution in [3.8, 4) is 6.07 Å². The van der Waals surface area contributed by atoms with Gasteiger partial charge < -0.3 is 10.2 Å². The molecule has 0 aliphatic carbocycles. The van der Waals surface area contributed by atoms with Crippen LogP contribution in [0.25, 0.3) is 0 Å². The number of imide groups is 1. The molecule has 2 aromatic rings. The Labute approximate surface area is 179 Å². The molecule has 0 aromatic heterocycles. The van der Waals surface area contributed by atoms with E-state index >= 15 is 0 Å². The average Bonchev–Trinajstić information content (AvgIpc) is 3.30. The molecule has 2 fully saturated rings. The molecule has 4 amide bonds. The maximum Gasteiger partial charge on any atom is 0.325 e. The fraction of sp³-hybridized carbons (Fsp3) is 0.261. The van der Waals surface area contributed by atoms with Crippen molar-refractivity contribution in [2.75, 3.05) is 18.0 Å². The van der Waals surface area contributed by atoms with E-state index in [1.807, 2.05) is 6.07 Å². The number of ketones is 1. The number of benzene rings is 2. The van der Waals surface area contributed by atoms with Crippen LogP contribution in [0.5, 0.6) is 0 Å². The third-order valence-corrected chi connectivity index (χ3v) is 5.74. The Hall–Kier alpha value is -3.99. The smallest absolute Gasteiger partial charge is 0.319 e. The van der Waals surface area contributed by atoms with Gasteiger partial charge in [0.2, 0.25) is 5.91 Å². The van der Waals surface area contributed by atoms with Crippen LogP contribution < -0.4 is 10.2 Å². The second kappa shape index (κ2) is 7.69. The molecule has 2 saturated heterocycles. The predicted octanol–water partition coefficient (Wildman–Crippen LogP) is 2.33. The Bertz CT molecular complexity index is 1120. The van der Waals surface area contributed by atoms with E-state index in [-0.39, 0.29) is 11.7 Å². The first-order valence-electron chi connectivity index (χ1n) is 9.92. The quantitative estimate of drug-likeness (QED) is 0.594. The van der Waals surface area contributed by atoms with Crippen LogP contribution in [-0.4, -0.2) is 41.6 Å². The van der Waals surface area contributed by atoms with Crippen molar-refractivity contribution < 1.29 is 19.2 Å². The number of nitrogens with one attached hydrogen (secondary N) is 1. The van der Waals surface area contributed by atoms with Crippen molar-refractivity contribution in [3.63, 3.8) is 0 Å². The number of amides is 4. The minimum Gasteiger partial charge on any atom is -0.319 e. The maximum absolute atomic E-state index is 13.0. The normalized spacial score (nSPS) is 20.7. The van der Waals surface area contributed by atoms with Crippen LogP contribution in [0.3, 0.4) is 0 Å². The number of urea groups is 1. The van der Waals surface area contributed by atoms with Crippen LogP contribution in [0.4, 0.5) is 10.5 Å². The molecular weight excluding hydrogens is 396 g/mol. The van der Waals surface area contributed by atoms with Gasteiger partial charge in [0.1, 0.15) is 5.54 Å². The molecule has 2 aliphatic rings. The second-order valence-electron chi connectivity index (χ2n) is 7.75. The molecule has 156 valence electrons. The van der Waals surface area contributed by atoms with E-state index in [0.717, 1.165) is 17.0 Å². The molecule has 31 heavy (non-hydrogen) atoms. The van der Waals surface area contributed by atoms with E-state index in [0.29, 0.717) is 29.7 Å². The fourth-order valence-electron chi connectivity index (χ4n) is 3.90. The first-order valence-corrected chi connectivity index (χ1v) is 9.92. The van der Waals surface area contributed by atoms with Crippen LogP contribution in [0.2, 0.25) is 0 Å². The van der Waals surface area contributed by atoms with Crippen LogP contribution in [0.15, 0.2) is 48.5 Å². The number of rotatable bonds is 5. The van der Waals surface area contributed by atoms with Gasteiger partial charge in [0.25, 0.3) is 5.91 Å². The van der Waals surface area contributed by atoms with Crippen molar-refractivity contribution in [2.24, 2.45) is 0 Å². The Morgan fingerprint density at radius 2 is 1.77 bits per heavy atom. The largest absolute Gasteiger partial charge is 0.325 e. The standard InChI is InChI=1S/C23H20N4O4/c1-23(17-8-4-15(13-24)5-9-17)21(30)27(22(31)25-23)14-19(28)16-6-10-18(11-7-16)26-12-2-3-20(26)29/h4-11H,2-3,12,14H2,1H3,(H,25,31)/t23-/m1/s1. The highest BCUT2D eigenvalue weighted by atomic mass is 16.2. The minimum absolute atomic E-state index is 0.0560. The summed E-state index contributed by atoms with van der Waals surface area (Å²) in [5.41, 5.74) is 0.728. The summed E-state index contributed by atoms with van der Waals surface area (Å²) in [4.78, 5) is 52.6. The second-order valence-corrected chi connectivity index (χ2v) is 7.75. The molecule has 4 rings (SSSR count). The number of nitrogens with zero attached hydrogens (tertiary/aromatic N) is 3. The van der Waals surface area contributed by atoms with Crippen molar-refractivity contribution in [3.05, 3.63) is 65.2 Å². The van der Waals surface area contributed by atoms with Crippen molar-refractivity contribution in [1.29, 1.82) is 5.26 Å². The summed E-state index contributed by atoms with van der Waals surface area (Å²) in [6.45, 7) is 1.84. The molecule has 2 aliphatic heterocycles. The summed E-state index contributed by atoms with van der Waals surface area (Å²) >= 11 is 0. The molecule has 0 radical (unpaired) electrons. The first-order chi connectivity index (χ1) is 14.8. The minimum atomic E-state index is -1.31. The average molecular weight is 416 g/mol. The summed E-state index contributed by atoms with van der Waals surface area (Å²) in [6, 6.07) is 14.3. The molecule has 0 spiro atoms. The zero-order valence-electron chi connectivity index (χ0n) is 16.9. The SMILES string of the molecule is C[C@]1(c2ccc(C#N)cc2)NC(=O)N(CC(=O)c2ccc(N3CCCC3=O)cc2)C1=O. The summed E-state index contributed by atoms with van der Waals surface area (Å²) in [5.74, 6) is -0.859. The lowest BCUT2D eigenvalue weighted by Crippen LogP contribution is -2.41. The molecule has 1 N–H and O–H groups in total. The van der Waals surface area contributed by atoms with Gasteiger partial charge in [-0.15, -0.1) is 0 Å². The summed E-state index contributed by atoms with van der Waals surface area (Å²) in [7, 11) is 0. The van der Waals surface area contributed by atoms with Crippen LogP contribution in [0, 0.1) is 11.3 Å². The Morgan fingerprint density at radius 1 is 1.10 bits per heavy atom. The van der Waals surface area contributed by atoms with Crippen molar-refractivity contribution in [1.82, 2.24) is 10.2 Å². The molecule has 2 heterocycles. The summed E-state index contributed by atoms with van der Waals surface area (Å²) in [6.07, 6.45) is 1.33. The summed E-state index contributed by atoms with van der Waals surface area (Å²) in [5, 5.41) is 11.6. The van der Waals surface area contributed by atoms with E-state index in [1.165, 1.54) is 0 Å². The third kappa shape index (κ3) is 3.55. The van der Waals surface area contributed by atoms with E-state index in [2.05, 4.69) is 5.32 Å². The van der Waals surface area contributed by atoms with Crippen molar-refractivity contribution in [2.45, 2.75) is 25.3 Å². The predicted molar refractivity (Wildman–Crippen MR) is 111 cm³/mol. The number of carbonyl (C=O) groups is 4. The van der Waals surface area contributed by atoms with E-state index in [9.17, 15) is 19.2 Å². The number of nitriles is 1. The van der Waals surface area contributed by atoms with Gasteiger partial charge in [0.05, 0.1) is 18.2 Å². The molecule has 0 saturated carbocycles. The Balaban J connectivity index is 1.49. The topological polar surface area (TPSA) is 111 Å². The number of hydrogen-bond acceptors (Lipinski definition) is 5. The van der Waals surface area contributed by atoms with Crippen molar-refractivity contribution >= 4 is 29.3 Å². The monoisotopic (exact) mass is 416 g/mol. The Kier molecular flexibility index (Phi) is 5.03. The fourth-order valence-corrected chi connectivity index (χ4v) is 3.90. The zero-order valence-corrected chi connectivity index (χ0v) is 16.9.